The van der Waals surface area contributed by atoms with Crippen LogP contribution in [0.4, 0.5) is 0 Å². The molecule has 7 nitrogen and oxygen atoms in total. The fourth-order valence-corrected chi connectivity index (χ4v) is 2.71. The normalized spacial score (nSPS) is 10.3. The number of aliphatic carboxylic acids is 1. The Kier molecular flexibility index (Phi) is 6.28. The van der Waals surface area contributed by atoms with E-state index in [2.05, 4.69) is 6.07 Å². The molecule has 0 aliphatic carbocycles. The van der Waals surface area contributed by atoms with Crippen LogP contribution in [-0.4, -0.2) is 39.5 Å². The van der Waals surface area contributed by atoms with E-state index in [1.807, 2.05) is 0 Å². The number of carboxylic acids is 1. The third-order valence-electron chi connectivity index (χ3n) is 3.88. The van der Waals surface area contributed by atoms with Gasteiger partial charge in [0.1, 0.15) is 11.8 Å². The summed E-state index contributed by atoms with van der Waals surface area (Å²) in [6.45, 7) is 0. The van der Waals surface area contributed by atoms with Gasteiger partial charge in [-0.2, -0.15) is 5.26 Å². The molecule has 0 heterocycles. The smallest absolute Gasteiger partial charge is 0.328 e. The topological polar surface area (TPSA) is 98.0 Å². The third kappa shape index (κ3) is 3.96. The minimum Gasteiger partial charge on any atom is -0.497 e. The molecule has 0 aliphatic rings. The Bertz CT molecular complexity index is 927. The highest BCUT2D eigenvalue weighted by Gasteiger charge is 2.23. The number of methoxy groups -OCH3 is 4. The van der Waals surface area contributed by atoms with Crippen molar-refractivity contribution >= 4 is 12.0 Å². The van der Waals surface area contributed by atoms with Crippen molar-refractivity contribution in [1.29, 1.82) is 5.26 Å². The van der Waals surface area contributed by atoms with Crippen LogP contribution in [0.15, 0.2) is 30.3 Å². The lowest BCUT2D eigenvalue weighted by molar-refractivity contribution is -0.131. The number of rotatable bonds is 7. The van der Waals surface area contributed by atoms with Gasteiger partial charge in [0.2, 0.25) is 5.75 Å². The molecule has 0 unspecified atom stereocenters. The van der Waals surface area contributed by atoms with Crippen molar-refractivity contribution < 1.29 is 28.8 Å². The lowest BCUT2D eigenvalue weighted by Crippen LogP contribution is -2.00. The molecule has 0 atom stereocenters. The van der Waals surface area contributed by atoms with Crippen LogP contribution in [0.2, 0.25) is 0 Å². The van der Waals surface area contributed by atoms with Gasteiger partial charge in [-0.05, 0) is 35.4 Å². The Balaban J connectivity index is 2.88. The predicted octanol–water partition coefficient (Wildman–Crippen LogP) is 3.36. The predicted molar refractivity (Wildman–Crippen MR) is 99.5 cm³/mol. The quantitative estimate of drug-likeness (QED) is 0.747. The Labute approximate surface area is 157 Å². The number of hydrogen-bond acceptors (Lipinski definition) is 6. The van der Waals surface area contributed by atoms with Gasteiger partial charge in [0.25, 0.3) is 0 Å². The Morgan fingerprint density at radius 3 is 2.26 bits per heavy atom. The van der Waals surface area contributed by atoms with Crippen molar-refractivity contribution in [2.45, 2.75) is 0 Å². The molecule has 0 aliphatic heterocycles. The molecule has 0 saturated heterocycles. The number of nitriles is 1. The molecule has 2 aromatic carbocycles. The van der Waals surface area contributed by atoms with Gasteiger partial charge in [0.15, 0.2) is 11.5 Å². The Morgan fingerprint density at radius 1 is 1.04 bits per heavy atom. The van der Waals surface area contributed by atoms with Gasteiger partial charge < -0.3 is 24.1 Å². The van der Waals surface area contributed by atoms with E-state index in [4.69, 9.17) is 24.1 Å². The molecule has 2 aromatic rings. The van der Waals surface area contributed by atoms with Crippen LogP contribution in [0.3, 0.4) is 0 Å². The van der Waals surface area contributed by atoms with Crippen molar-refractivity contribution in [1.82, 2.24) is 0 Å². The van der Waals surface area contributed by atoms with Crippen molar-refractivity contribution in [3.8, 4) is 40.2 Å². The molecule has 7 heteroatoms. The van der Waals surface area contributed by atoms with Crippen LogP contribution in [0.25, 0.3) is 17.2 Å². The highest BCUT2D eigenvalue weighted by molar-refractivity contribution is 5.91. The van der Waals surface area contributed by atoms with Gasteiger partial charge in [-0.3, -0.25) is 0 Å². The SMILES string of the molecule is COc1ccc(-c2c(C#N)cc(OC)c(OC)c2OC)c(C=CC(=O)O)c1. The summed E-state index contributed by atoms with van der Waals surface area (Å²) in [5, 5.41) is 18.6. The van der Waals surface area contributed by atoms with Crippen LogP contribution in [0.5, 0.6) is 23.0 Å². The largest absolute Gasteiger partial charge is 0.497 e. The molecule has 0 aromatic heterocycles. The summed E-state index contributed by atoms with van der Waals surface area (Å²) in [6.07, 6.45) is 2.44. The molecule has 140 valence electrons. The average Bonchev–Trinajstić information content (AvgIpc) is 2.70. The molecule has 0 bridgehead atoms. The fourth-order valence-electron chi connectivity index (χ4n) is 2.71. The summed E-state index contributed by atoms with van der Waals surface area (Å²) in [7, 11) is 5.90. The first-order chi connectivity index (χ1) is 13.0. The first-order valence-corrected chi connectivity index (χ1v) is 7.83. The summed E-state index contributed by atoms with van der Waals surface area (Å²) in [6, 6.07) is 8.79. The summed E-state index contributed by atoms with van der Waals surface area (Å²) < 4.78 is 21.4. The second kappa shape index (κ2) is 8.63. The monoisotopic (exact) mass is 369 g/mol. The molecule has 0 saturated carbocycles. The van der Waals surface area contributed by atoms with Gasteiger partial charge in [-0.15, -0.1) is 0 Å². The summed E-state index contributed by atoms with van der Waals surface area (Å²) in [5.41, 5.74) is 1.88. The second-order valence-corrected chi connectivity index (χ2v) is 5.30. The van der Waals surface area contributed by atoms with Crippen molar-refractivity contribution in [2.75, 3.05) is 28.4 Å². The zero-order chi connectivity index (χ0) is 20.0. The van der Waals surface area contributed by atoms with E-state index >= 15 is 0 Å². The molecular weight excluding hydrogens is 350 g/mol. The maximum absolute atomic E-state index is 11.0. The number of carboxylic acid groups (broad SMARTS) is 1. The van der Waals surface area contributed by atoms with E-state index in [1.165, 1.54) is 34.5 Å². The number of hydrogen-bond donors (Lipinski definition) is 1. The molecule has 2 rings (SSSR count). The molecule has 0 radical (unpaired) electrons. The van der Waals surface area contributed by atoms with Crippen molar-refractivity contribution in [3.05, 3.63) is 41.5 Å². The first kappa shape index (κ1) is 19.7. The van der Waals surface area contributed by atoms with E-state index < -0.39 is 5.97 Å². The van der Waals surface area contributed by atoms with Crippen LogP contribution in [0, 0.1) is 11.3 Å². The lowest BCUT2D eigenvalue weighted by Gasteiger charge is -2.19. The van der Waals surface area contributed by atoms with Gasteiger partial charge in [-0.1, -0.05) is 0 Å². The average molecular weight is 369 g/mol. The van der Waals surface area contributed by atoms with Gasteiger partial charge in [-0.25, -0.2) is 4.79 Å². The van der Waals surface area contributed by atoms with Crippen LogP contribution < -0.4 is 18.9 Å². The lowest BCUT2D eigenvalue weighted by atomic mass is 9.93. The minimum atomic E-state index is -1.09. The Hall–Kier alpha value is -3.66. The summed E-state index contributed by atoms with van der Waals surface area (Å²) in [5.74, 6) is 0.442. The van der Waals surface area contributed by atoms with Gasteiger partial charge in [0.05, 0.1) is 34.0 Å². The summed E-state index contributed by atoms with van der Waals surface area (Å²) >= 11 is 0. The Morgan fingerprint density at radius 2 is 1.74 bits per heavy atom. The first-order valence-electron chi connectivity index (χ1n) is 7.83. The van der Waals surface area contributed by atoms with Crippen molar-refractivity contribution in [2.24, 2.45) is 0 Å². The highest BCUT2D eigenvalue weighted by Crippen LogP contribution is 2.47. The summed E-state index contributed by atoms with van der Waals surface area (Å²) in [4.78, 5) is 11.0. The van der Waals surface area contributed by atoms with E-state index in [-0.39, 0.29) is 0 Å². The fraction of sp³-hybridized carbons (Fsp3) is 0.200. The standard InChI is InChI=1S/C20H19NO6/c1-24-14-6-7-15(12(9-14)5-8-17(22)23)18-13(11-21)10-16(25-2)19(26-3)20(18)27-4/h5-10H,1-4H3,(H,22,23). The van der Waals surface area contributed by atoms with Crippen LogP contribution >= 0.6 is 0 Å². The molecule has 27 heavy (non-hydrogen) atoms. The molecule has 0 amide bonds. The minimum absolute atomic E-state index is 0.291. The third-order valence-corrected chi connectivity index (χ3v) is 3.88. The number of carbonyl (C=O) groups is 1. The number of benzene rings is 2. The maximum atomic E-state index is 11.0. The van der Waals surface area contributed by atoms with E-state index in [1.54, 1.807) is 24.3 Å². The van der Waals surface area contributed by atoms with Crippen LogP contribution in [0.1, 0.15) is 11.1 Å². The zero-order valence-electron chi connectivity index (χ0n) is 15.4. The maximum Gasteiger partial charge on any atom is 0.328 e. The van der Waals surface area contributed by atoms with Crippen LogP contribution in [-0.2, 0) is 4.79 Å². The van der Waals surface area contributed by atoms with Gasteiger partial charge >= 0.3 is 5.97 Å². The van der Waals surface area contributed by atoms with Crippen molar-refractivity contribution in [3.63, 3.8) is 0 Å². The highest BCUT2D eigenvalue weighted by atomic mass is 16.5. The number of ether oxygens (including phenoxy) is 4. The number of nitrogens with zero attached hydrogens (tertiary/aromatic N) is 1. The zero-order valence-corrected chi connectivity index (χ0v) is 15.4. The van der Waals surface area contributed by atoms with E-state index in [9.17, 15) is 10.1 Å². The molecule has 0 spiro atoms. The molecule has 1 N–H and O–H groups in total. The van der Waals surface area contributed by atoms with E-state index in [0.29, 0.717) is 45.3 Å². The van der Waals surface area contributed by atoms with E-state index in [0.717, 1.165) is 6.08 Å². The molecular formula is C20H19NO6. The van der Waals surface area contributed by atoms with Gasteiger partial charge in [0, 0.05) is 17.7 Å². The molecule has 0 fully saturated rings. The second-order valence-electron chi connectivity index (χ2n) is 5.30.